The first-order valence-electron chi connectivity index (χ1n) is 8.79. The van der Waals surface area contributed by atoms with Crippen molar-refractivity contribution >= 4 is 11.9 Å². The molecule has 0 amide bonds. The van der Waals surface area contributed by atoms with Gasteiger partial charge in [-0.15, -0.1) is 0 Å². The Bertz CT molecular complexity index is 600. The lowest BCUT2D eigenvalue weighted by Gasteiger charge is -2.43. The van der Waals surface area contributed by atoms with Gasteiger partial charge in [0.15, 0.2) is 0 Å². The molecule has 0 radical (unpaired) electrons. The van der Waals surface area contributed by atoms with E-state index >= 15 is 0 Å². The smallest absolute Gasteiger partial charge is 0.305 e. The van der Waals surface area contributed by atoms with Crippen LogP contribution in [0.3, 0.4) is 0 Å². The Morgan fingerprint density at radius 1 is 1.00 bits per heavy atom. The van der Waals surface area contributed by atoms with E-state index in [-0.39, 0.29) is 23.0 Å². The second kappa shape index (κ2) is 4.73. The van der Waals surface area contributed by atoms with Gasteiger partial charge in [-0.1, -0.05) is 13.8 Å². The molecule has 0 spiro atoms. The molecule has 0 aromatic carbocycles. The number of fused-ring (bicyclic) bond motifs is 4. The maximum atomic E-state index is 11.8. The van der Waals surface area contributed by atoms with Gasteiger partial charge in [0.25, 0.3) is 12.1 Å². The average Bonchev–Trinajstić information content (AvgIpc) is 2.96. The molecule has 2 heterocycles. The molecule has 6 nitrogen and oxygen atoms in total. The number of hydrogen-bond acceptors (Lipinski definition) is 6. The number of carbonyl (C=O) groups excluding carboxylic acids is 2. The molecule has 2 bridgehead atoms. The van der Waals surface area contributed by atoms with Gasteiger partial charge in [0.1, 0.15) is 0 Å². The molecule has 2 aliphatic carbocycles. The third-order valence-electron chi connectivity index (χ3n) is 6.40. The van der Waals surface area contributed by atoms with Crippen LogP contribution in [-0.4, -0.2) is 35.7 Å². The fraction of sp³-hybridized carbons (Fsp3) is 0.889. The summed E-state index contributed by atoms with van der Waals surface area (Å²) in [6.45, 7) is 9.34. The Kier molecular flexibility index (Phi) is 3.22. The molecule has 24 heavy (non-hydrogen) atoms. The number of ether oxygens (including phenoxy) is 4. The van der Waals surface area contributed by atoms with E-state index in [0.717, 1.165) is 19.3 Å². The van der Waals surface area contributed by atoms with E-state index in [9.17, 15) is 9.59 Å². The highest BCUT2D eigenvalue weighted by atomic mass is 16.8. The maximum absolute atomic E-state index is 11.8. The van der Waals surface area contributed by atoms with Crippen LogP contribution in [0.5, 0.6) is 0 Å². The van der Waals surface area contributed by atoms with Gasteiger partial charge in [0, 0.05) is 13.8 Å². The van der Waals surface area contributed by atoms with Crippen LogP contribution in [0.2, 0.25) is 0 Å². The highest BCUT2D eigenvalue weighted by Crippen LogP contribution is 2.67. The van der Waals surface area contributed by atoms with Crippen molar-refractivity contribution in [1.29, 1.82) is 0 Å². The van der Waals surface area contributed by atoms with Crippen molar-refractivity contribution in [1.82, 2.24) is 0 Å². The zero-order valence-electron chi connectivity index (χ0n) is 15.0. The van der Waals surface area contributed by atoms with Crippen LogP contribution in [0.15, 0.2) is 0 Å². The summed E-state index contributed by atoms with van der Waals surface area (Å²) in [6.07, 6.45) is 1.78. The third-order valence-corrected chi connectivity index (χ3v) is 6.40. The van der Waals surface area contributed by atoms with E-state index in [1.54, 1.807) is 0 Å². The summed E-state index contributed by atoms with van der Waals surface area (Å²) in [7, 11) is 0. The van der Waals surface area contributed by atoms with Crippen molar-refractivity contribution in [2.75, 3.05) is 0 Å². The van der Waals surface area contributed by atoms with Crippen LogP contribution in [0.4, 0.5) is 0 Å². The van der Waals surface area contributed by atoms with Crippen LogP contribution >= 0.6 is 0 Å². The molecule has 2 aliphatic heterocycles. The fourth-order valence-corrected chi connectivity index (χ4v) is 5.84. The highest BCUT2D eigenvalue weighted by molar-refractivity contribution is 5.67. The Morgan fingerprint density at radius 2 is 1.71 bits per heavy atom. The lowest BCUT2D eigenvalue weighted by Crippen LogP contribution is -2.51. The van der Waals surface area contributed by atoms with Gasteiger partial charge in [0.05, 0.1) is 17.6 Å². The second-order valence-corrected chi connectivity index (χ2v) is 8.93. The summed E-state index contributed by atoms with van der Waals surface area (Å²) < 4.78 is 23.6. The van der Waals surface area contributed by atoms with Crippen LogP contribution in [0.25, 0.3) is 0 Å². The van der Waals surface area contributed by atoms with E-state index in [2.05, 4.69) is 20.8 Å². The van der Waals surface area contributed by atoms with E-state index < -0.39 is 24.0 Å². The summed E-state index contributed by atoms with van der Waals surface area (Å²) in [5.41, 5.74) is -0.142. The van der Waals surface area contributed by atoms with Crippen molar-refractivity contribution in [3.8, 4) is 0 Å². The predicted octanol–water partition coefficient (Wildman–Crippen LogP) is 2.40. The molecule has 4 aliphatic rings. The Balaban J connectivity index is 1.75. The minimum Gasteiger partial charge on any atom is -0.429 e. The summed E-state index contributed by atoms with van der Waals surface area (Å²) in [6, 6.07) is 0. The summed E-state index contributed by atoms with van der Waals surface area (Å²) in [4.78, 5) is 23.3. The molecule has 0 N–H and O–H groups in total. The molecule has 6 heteroatoms. The highest BCUT2D eigenvalue weighted by Gasteiger charge is 2.77. The van der Waals surface area contributed by atoms with E-state index in [0.29, 0.717) is 11.8 Å². The van der Waals surface area contributed by atoms with Crippen LogP contribution in [0.1, 0.15) is 53.9 Å². The summed E-state index contributed by atoms with van der Waals surface area (Å²) in [5, 5.41) is 0. The number of esters is 2. The van der Waals surface area contributed by atoms with Gasteiger partial charge in [-0.05, 0) is 43.4 Å². The fourth-order valence-electron chi connectivity index (χ4n) is 5.84. The second-order valence-electron chi connectivity index (χ2n) is 8.93. The van der Waals surface area contributed by atoms with Crippen LogP contribution in [0, 0.1) is 23.2 Å². The van der Waals surface area contributed by atoms with Gasteiger partial charge in [-0.2, -0.15) is 0 Å². The number of hydrogen-bond donors (Lipinski definition) is 0. The van der Waals surface area contributed by atoms with Crippen LogP contribution in [-0.2, 0) is 28.5 Å². The van der Waals surface area contributed by atoms with Crippen molar-refractivity contribution < 1.29 is 28.5 Å². The normalized spacial score (nSPS) is 50.5. The van der Waals surface area contributed by atoms with Gasteiger partial charge >= 0.3 is 11.9 Å². The van der Waals surface area contributed by atoms with E-state index in [4.69, 9.17) is 18.9 Å². The first kappa shape index (κ1) is 16.3. The molecule has 134 valence electrons. The van der Waals surface area contributed by atoms with E-state index in [1.165, 1.54) is 13.8 Å². The van der Waals surface area contributed by atoms with Gasteiger partial charge in [-0.25, -0.2) is 0 Å². The quantitative estimate of drug-likeness (QED) is 0.720. The lowest BCUT2D eigenvalue weighted by molar-refractivity contribution is -0.326. The monoisotopic (exact) mass is 338 g/mol. The van der Waals surface area contributed by atoms with Crippen molar-refractivity contribution in [3.05, 3.63) is 0 Å². The number of carbonyl (C=O) groups is 2. The average molecular weight is 338 g/mol. The molecule has 2 unspecified atom stereocenters. The third kappa shape index (κ3) is 2.08. The topological polar surface area (TPSA) is 71.1 Å². The molecule has 4 fully saturated rings. The van der Waals surface area contributed by atoms with Gasteiger partial charge in [0.2, 0.25) is 0 Å². The zero-order chi connectivity index (χ0) is 17.5. The Hall–Kier alpha value is -1.14. The number of rotatable bonds is 2. The molecule has 7 atom stereocenters. The Labute approximate surface area is 142 Å². The largest absolute Gasteiger partial charge is 0.429 e. The standard InChI is InChI=1S/C18H26O6/c1-9(19)21-15-18(23-10(2)20)13-8-17(5,24-18)12-7-16(3,4)6-11(12)14(13)22-15/h11-15H,6-8H2,1-5H3/t11-,12+,13?,14?,15-,17+,18-/m1/s1. The van der Waals surface area contributed by atoms with Gasteiger partial charge in [-0.3, -0.25) is 9.59 Å². The molecule has 4 rings (SSSR count). The van der Waals surface area contributed by atoms with Gasteiger partial charge < -0.3 is 18.9 Å². The van der Waals surface area contributed by atoms with Crippen molar-refractivity contribution in [3.63, 3.8) is 0 Å². The van der Waals surface area contributed by atoms with Crippen LogP contribution < -0.4 is 0 Å². The van der Waals surface area contributed by atoms with E-state index in [1.807, 2.05) is 0 Å². The Morgan fingerprint density at radius 3 is 2.33 bits per heavy atom. The summed E-state index contributed by atoms with van der Waals surface area (Å²) >= 11 is 0. The molecular weight excluding hydrogens is 312 g/mol. The zero-order valence-corrected chi connectivity index (χ0v) is 15.0. The molecule has 2 saturated carbocycles. The SMILES string of the molecule is CC(=O)O[C@@H]1OC2C3C[C@](C)(O[C@]31OC(C)=O)[C@H]1CC(C)(C)C[C@@H]21. The molecule has 0 aromatic heterocycles. The first-order valence-corrected chi connectivity index (χ1v) is 8.79. The first-order chi connectivity index (χ1) is 11.1. The lowest BCUT2D eigenvalue weighted by atomic mass is 9.67. The van der Waals surface area contributed by atoms with Crippen molar-refractivity contribution in [2.24, 2.45) is 23.2 Å². The molecule has 2 saturated heterocycles. The summed E-state index contributed by atoms with van der Waals surface area (Å²) in [5.74, 6) is -1.60. The molecular formula is C18H26O6. The van der Waals surface area contributed by atoms with Crippen molar-refractivity contribution in [2.45, 2.75) is 77.7 Å². The predicted molar refractivity (Wildman–Crippen MR) is 82.5 cm³/mol. The maximum Gasteiger partial charge on any atom is 0.305 e. The molecule has 0 aromatic rings. The minimum atomic E-state index is -1.30. The minimum absolute atomic E-state index is 0.0918.